The molecule has 0 aliphatic carbocycles. The molecule has 1 amide bonds. The SMILES string of the molecule is CC(=O)Nc1ccccc1Oc1ccc(N)nn1. The van der Waals surface area contributed by atoms with E-state index in [4.69, 9.17) is 10.5 Å². The molecule has 0 radical (unpaired) electrons. The molecule has 0 spiro atoms. The van der Waals surface area contributed by atoms with Gasteiger partial charge in [-0.25, -0.2) is 0 Å². The molecule has 0 aliphatic rings. The first-order valence-corrected chi connectivity index (χ1v) is 5.29. The first kappa shape index (κ1) is 11.8. The Morgan fingerprint density at radius 1 is 1.22 bits per heavy atom. The van der Waals surface area contributed by atoms with Crippen LogP contribution in [-0.2, 0) is 4.79 Å². The Bertz CT molecular complexity index is 554. The Morgan fingerprint density at radius 2 is 2.00 bits per heavy atom. The van der Waals surface area contributed by atoms with E-state index in [1.807, 2.05) is 0 Å². The van der Waals surface area contributed by atoms with Gasteiger partial charge in [0.2, 0.25) is 11.8 Å². The lowest BCUT2D eigenvalue weighted by atomic mass is 10.3. The molecule has 0 saturated carbocycles. The van der Waals surface area contributed by atoms with Gasteiger partial charge in [-0.2, -0.15) is 0 Å². The number of nitrogens with two attached hydrogens (primary N) is 1. The lowest BCUT2D eigenvalue weighted by Crippen LogP contribution is -2.07. The minimum atomic E-state index is -0.172. The number of ether oxygens (including phenoxy) is 1. The number of hydrogen-bond donors (Lipinski definition) is 2. The van der Waals surface area contributed by atoms with E-state index < -0.39 is 0 Å². The van der Waals surface area contributed by atoms with Crippen LogP contribution in [0.25, 0.3) is 0 Å². The number of carbonyl (C=O) groups excluding carboxylic acids is 1. The van der Waals surface area contributed by atoms with Gasteiger partial charge in [0.05, 0.1) is 5.69 Å². The standard InChI is InChI=1S/C12H12N4O2/c1-8(17)14-9-4-2-3-5-10(9)18-12-7-6-11(13)15-16-12/h2-7H,1H3,(H2,13,15)(H,14,17). The number of benzene rings is 1. The molecule has 0 aliphatic heterocycles. The van der Waals surface area contributed by atoms with Crippen LogP contribution >= 0.6 is 0 Å². The number of nitrogens with zero attached hydrogens (tertiary/aromatic N) is 2. The van der Waals surface area contributed by atoms with Crippen molar-refractivity contribution in [3.05, 3.63) is 36.4 Å². The predicted molar refractivity (Wildman–Crippen MR) is 67.3 cm³/mol. The van der Waals surface area contributed by atoms with Crippen molar-refractivity contribution < 1.29 is 9.53 Å². The van der Waals surface area contributed by atoms with Crippen LogP contribution in [0.4, 0.5) is 11.5 Å². The summed E-state index contributed by atoms with van der Waals surface area (Å²) in [6.45, 7) is 1.43. The van der Waals surface area contributed by atoms with Gasteiger partial charge in [-0.15, -0.1) is 10.2 Å². The van der Waals surface area contributed by atoms with Crippen molar-refractivity contribution >= 4 is 17.4 Å². The summed E-state index contributed by atoms with van der Waals surface area (Å²) in [5, 5.41) is 10.1. The highest BCUT2D eigenvalue weighted by Gasteiger charge is 2.06. The zero-order chi connectivity index (χ0) is 13.0. The van der Waals surface area contributed by atoms with Gasteiger partial charge in [0, 0.05) is 13.0 Å². The lowest BCUT2D eigenvalue weighted by molar-refractivity contribution is -0.114. The van der Waals surface area contributed by atoms with Gasteiger partial charge in [-0.1, -0.05) is 12.1 Å². The summed E-state index contributed by atoms with van der Waals surface area (Å²) in [7, 11) is 0. The highest BCUT2D eigenvalue weighted by atomic mass is 16.5. The summed E-state index contributed by atoms with van der Waals surface area (Å²) in [5.41, 5.74) is 6.00. The van der Waals surface area contributed by atoms with Gasteiger partial charge in [0.25, 0.3) is 0 Å². The molecule has 0 fully saturated rings. The molecule has 0 saturated heterocycles. The van der Waals surface area contributed by atoms with Crippen molar-refractivity contribution in [1.82, 2.24) is 10.2 Å². The van der Waals surface area contributed by atoms with Crippen LogP contribution < -0.4 is 15.8 Å². The Labute approximate surface area is 104 Å². The number of amides is 1. The molecule has 3 N–H and O–H groups in total. The van der Waals surface area contributed by atoms with Crippen molar-refractivity contribution in [3.8, 4) is 11.6 Å². The molecule has 1 aromatic carbocycles. The van der Waals surface area contributed by atoms with Crippen LogP contribution in [0.3, 0.4) is 0 Å². The van der Waals surface area contributed by atoms with Gasteiger partial charge < -0.3 is 15.8 Å². The fourth-order valence-electron chi connectivity index (χ4n) is 1.35. The second-order valence-corrected chi connectivity index (χ2v) is 3.58. The van der Waals surface area contributed by atoms with E-state index >= 15 is 0 Å². The highest BCUT2D eigenvalue weighted by molar-refractivity contribution is 5.90. The predicted octanol–water partition coefficient (Wildman–Crippen LogP) is 1.81. The van der Waals surface area contributed by atoms with Crippen LogP contribution in [0.15, 0.2) is 36.4 Å². The van der Waals surface area contributed by atoms with Crippen molar-refractivity contribution in [2.45, 2.75) is 6.92 Å². The second-order valence-electron chi connectivity index (χ2n) is 3.58. The van der Waals surface area contributed by atoms with Crippen LogP contribution in [0.1, 0.15) is 6.92 Å². The summed E-state index contributed by atoms with van der Waals surface area (Å²) in [4.78, 5) is 11.1. The van der Waals surface area contributed by atoms with E-state index in [0.29, 0.717) is 23.1 Å². The number of nitrogen functional groups attached to an aromatic ring is 1. The largest absolute Gasteiger partial charge is 0.435 e. The maximum Gasteiger partial charge on any atom is 0.239 e. The topological polar surface area (TPSA) is 90.1 Å². The monoisotopic (exact) mass is 244 g/mol. The molecule has 6 nitrogen and oxygen atoms in total. The van der Waals surface area contributed by atoms with Crippen LogP contribution in [0.2, 0.25) is 0 Å². The van der Waals surface area contributed by atoms with E-state index in [1.165, 1.54) is 6.92 Å². The summed E-state index contributed by atoms with van der Waals surface area (Å²) in [6.07, 6.45) is 0. The number of para-hydroxylation sites is 2. The number of nitrogens with one attached hydrogen (secondary N) is 1. The average molecular weight is 244 g/mol. The normalized spacial score (nSPS) is 9.83. The van der Waals surface area contributed by atoms with Crippen LogP contribution in [0, 0.1) is 0 Å². The van der Waals surface area contributed by atoms with Crippen molar-refractivity contribution in [2.24, 2.45) is 0 Å². The van der Waals surface area contributed by atoms with Crippen molar-refractivity contribution in [2.75, 3.05) is 11.1 Å². The number of anilines is 2. The minimum absolute atomic E-state index is 0.172. The third kappa shape index (κ3) is 2.94. The molecule has 1 aromatic heterocycles. The third-order valence-corrected chi connectivity index (χ3v) is 2.07. The number of aromatic nitrogens is 2. The quantitative estimate of drug-likeness (QED) is 0.859. The van der Waals surface area contributed by atoms with Gasteiger partial charge in [-0.3, -0.25) is 4.79 Å². The fraction of sp³-hybridized carbons (Fsp3) is 0.0833. The number of hydrogen-bond acceptors (Lipinski definition) is 5. The molecule has 2 rings (SSSR count). The van der Waals surface area contributed by atoms with Gasteiger partial charge >= 0.3 is 0 Å². The van der Waals surface area contributed by atoms with Crippen molar-refractivity contribution in [3.63, 3.8) is 0 Å². The summed E-state index contributed by atoms with van der Waals surface area (Å²) in [6, 6.07) is 10.2. The summed E-state index contributed by atoms with van der Waals surface area (Å²) < 4.78 is 5.52. The Morgan fingerprint density at radius 3 is 2.67 bits per heavy atom. The molecular formula is C12H12N4O2. The first-order chi connectivity index (χ1) is 8.65. The maximum atomic E-state index is 11.1. The average Bonchev–Trinajstić information content (AvgIpc) is 2.34. The lowest BCUT2D eigenvalue weighted by Gasteiger charge is -2.09. The Hall–Kier alpha value is -2.63. The van der Waals surface area contributed by atoms with E-state index in [9.17, 15) is 4.79 Å². The molecule has 6 heteroatoms. The molecular weight excluding hydrogens is 232 g/mol. The Kier molecular flexibility index (Phi) is 3.38. The highest BCUT2D eigenvalue weighted by Crippen LogP contribution is 2.27. The van der Waals surface area contributed by atoms with Gasteiger partial charge in [0.15, 0.2) is 5.75 Å². The number of carbonyl (C=O) groups is 1. The van der Waals surface area contributed by atoms with Gasteiger partial charge in [-0.05, 0) is 18.2 Å². The molecule has 2 aromatic rings. The first-order valence-electron chi connectivity index (χ1n) is 5.29. The van der Waals surface area contributed by atoms with E-state index in [-0.39, 0.29) is 5.91 Å². The molecule has 92 valence electrons. The molecule has 0 atom stereocenters. The summed E-state index contributed by atoms with van der Waals surface area (Å²) >= 11 is 0. The zero-order valence-corrected chi connectivity index (χ0v) is 9.75. The number of rotatable bonds is 3. The van der Waals surface area contributed by atoms with Crippen LogP contribution in [0.5, 0.6) is 11.6 Å². The van der Waals surface area contributed by atoms with E-state index in [1.54, 1.807) is 36.4 Å². The molecule has 0 unspecified atom stereocenters. The molecule has 1 heterocycles. The minimum Gasteiger partial charge on any atom is -0.435 e. The van der Waals surface area contributed by atoms with Crippen LogP contribution in [-0.4, -0.2) is 16.1 Å². The van der Waals surface area contributed by atoms with E-state index in [2.05, 4.69) is 15.5 Å². The molecule has 18 heavy (non-hydrogen) atoms. The summed E-state index contributed by atoms with van der Waals surface area (Å²) in [5.74, 6) is 0.945. The Balaban J connectivity index is 2.23. The fourth-order valence-corrected chi connectivity index (χ4v) is 1.35. The molecule has 0 bridgehead atoms. The second kappa shape index (κ2) is 5.13. The maximum absolute atomic E-state index is 11.1. The van der Waals surface area contributed by atoms with E-state index in [0.717, 1.165) is 0 Å². The van der Waals surface area contributed by atoms with Gasteiger partial charge in [0.1, 0.15) is 5.82 Å². The smallest absolute Gasteiger partial charge is 0.239 e. The van der Waals surface area contributed by atoms with Crippen molar-refractivity contribution in [1.29, 1.82) is 0 Å². The third-order valence-electron chi connectivity index (χ3n) is 2.07. The zero-order valence-electron chi connectivity index (χ0n) is 9.75.